The highest BCUT2D eigenvalue weighted by Gasteiger charge is 2.20. The molecule has 0 aliphatic carbocycles. The molecule has 0 saturated heterocycles. The van der Waals surface area contributed by atoms with Crippen LogP contribution in [0.3, 0.4) is 0 Å². The molecule has 110 valence electrons. The first-order chi connectivity index (χ1) is 9.97. The number of halogens is 1. The highest BCUT2D eigenvalue weighted by atomic mass is 32.1. The second kappa shape index (κ2) is 6.05. The monoisotopic (exact) mass is 308 g/mol. The van der Waals surface area contributed by atoms with Crippen molar-refractivity contribution in [1.82, 2.24) is 0 Å². The number of thiophene rings is 1. The minimum atomic E-state index is -0.636. The maximum Gasteiger partial charge on any atom is 0.348 e. The van der Waals surface area contributed by atoms with Gasteiger partial charge in [-0.15, -0.1) is 11.3 Å². The van der Waals surface area contributed by atoms with Crippen LogP contribution in [0.1, 0.15) is 25.6 Å². The average molecular weight is 308 g/mol. The number of carbonyl (C=O) groups is 2. The molecule has 0 amide bonds. The molecule has 0 bridgehead atoms. The van der Waals surface area contributed by atoms with Gasteiger partial charge in [-0.1, -0.05) is 0 Å². The number of carbonyl (C=O) groups excluding carboxylic acids is 2. The van der Waals surface area contributed by atoms with Crippen molar-refractivity contribution in [3.8, 4) is 11.1 Å². The van der Waals surface area contributed by atoms with Crippen LogP contribution in [0.4, 0.5) is 4.39 Å². The molecule has 0 spiro atoms. The van der Waals surface area contributed by atoms with Gasteiger partial charge in [0.15, 0.2) is 0 Å². The summed E-state index contributed by atoms with van der Waals surface area (Å²) in [7, 11) is 2.51. The van der Waals surface area contributed by atoms with Gasteiger partial charge < -0.3 is 9.47 Å². The van der Waals surface area contributed by atoms with E-state index in [-0.39, 0.29) is 5.56 Å². The van der Waals surface area contributed by atoms with Gasteiger partial charge in [0.05, 0.1) is 19.8 Å². The molecule has 0 aliphatic heterocycles. The summed E-state index contributed by atoms with van der Waals surface area (Å²) in [6.07, 6.45) is 0. The Bertz CT molecular complexity index is 706. The normalized spacial score (nSPS) is 10.3. The lowest BCUT2D eigenvalue weighted by Crippen LogP contribution is -2.04. The van der Waals surface area contributed by atoms with Gasteiger partial charge in [0.1, 0.15) is 10.7 Å². The highest BCUT2D eigenvalue weighted by molar-refractivity contribution is 7.12. The third kappa shape index (κ3) is 2.95. The second-order valence-electron chi connectivity index (χ2n) is 4.33. The summed E-state index contributed by atoms with van der Waals surface area (Å²) in [4.78, 5) is 23.7. The molecule has 1 aromatic heterocycles. The Kier molecular flexibility index (Phi) is 4.37. The molecule has 0 aliphatic rings. The molecule has 21 heavy (non-hydrogen) atoms. The van der Waals surface area contributed by atoms with Crippen LogP contribution in [0.2, 0.25) is 0 Å². The number of rotatable bonds is 3. The first-order valence-electron chi connectivity index (χ1n) is 6.03. The fourth-order valence-corrected chi connectivity index (χ4v) is 3.00. The molecule has 0 unspecified atom stereocenters. The summed E-state index contributed by atoms with van der Waals surface area (Å²) >= 11 is 1.22. The molecule has 1 heterocycles. The van der Waals surface area contributed by atoms with Crippen molar-refractivity contribution in [3.63, 3.8) is 0 Å². The van der Waals surface area contributed by atoms with Crippen molar-refractivity contribution in [2.24, 2.45) is 0 Å². The SMILES string of the molecule is COC(=O)c1cc(F)cc(-c2c(C)csc2C(=O)OC)c1. The van der Waals surface area contributed by atoms with Crippen LogP contribution in [0, 0.1) is 12.7 Å². The number of hydrogen-bond donors (Lipinski definition) is 0. The van der Waals surface area contributed by atoms with Crippen molar-refractivity contribution in [2.75, 3.05) is 14.2 Å². The molecule has 0 atom stereocenters. The molecule has 0 radical (unpaired) electrons. The van der Waals surface area contributed by atoms with E-state index in [2.05, 4.69) is 4.74 Å². The number of benzene rings is 1. The van der Waals surface area contributed by atoms with Crippen molar-refractivity contribution in [3.05, 3.63) is 45.4 Å². The van der Waals surface area contributed by atoms with Crippen molar-refractivity contribution in [2.45, 2.75) is 6.92 Å². The Hall–Kier alpha value is -2.21. The maximum absolute atomic E-state index is 13.7. The summed E-state index contributed by atoms with van der Waals surface area (Å²) in [5.41, 5.74) is 1.90. The number of ether oxygens (including phenoxy) is 2. The fraction of sp³-hybridized carbons (Fsp3) is 0.200. The van der Waals surface area contributed by atoms with Crippen molar-refractivity contribution < 1.29 is 23.5 Å². The third-order valence-corrected chi connectivity index (χ3v) is 4.03. The van der Waals surface area contributed by atoms with Gasteiger partial charge in [0.25, 0.3) is 0 Å². The summed E-state index contributed by atoms with van der Waals surface area (Å²) in [5.74, 6) is -1.70. The van der Waals surface area contributed by atoms with Gasteiger partial charge in [-0.2, -0.15) is 0 Å². The van der Waals surface area contributed by atoms with E-state index in [1.807, 2.05) is 0 Å². The van der Waals surface area contributed by atoms with Crippen LogP contribution in [-0.4, -0.2) is 26.2 Å². The van der Waals surface area contributed by atoms with E-state index in [1.165, 1.54) is 37.7 Å². The van der Waals surface area contributed by atoms with Crippen LogP contribution < -0.4 is 0 Å². The molecule has 2 aromatic rings. The lowest BCUT2D eigenvalue weighted by atomic mass is 10.00. The van der Waals surface area contributed by atoms with E-state index < -0.39 is 17.8 Å². The van der Waals surface area contributed by atoms with Gasteiger partial charge in [-0.25, -0.2) is 14.0 Å². The first kappa shape index (κ1) is 15.2. The van der Waals surface area contributed by atoms with Crippen LogP contribution in [0.15, 0.2) is 23.6 Å². The largest absolute Gasteiger partial charge is 0.465 e. The Morgan fingerprint density at radius 2 is 1.76 bits per heavy atom. The van der Waals surface area contributed by atoms with E-state index in [1.54, 1.807) is 12.3 Å². The van der Waals surface area contributed by atoms with Crippen LogP contribution in [-0.2, 0) is 9.47 Å². The quantitative estimate of drug-likeness (QED) is 0.815. The van der Waals surface area contributed by atoms with Crippen LogP contribution in [0.5, 0.6) is 0 Å². The lowest BCUT2D eigenvalue weighted by Gasteiger charge is -2.07. The average Bonchev–Trinajstić information content (AvgIpc) is 2.86. The second-order valence-corrected chi connectivity index (χ2v) is 5.21. The number of esters is 2. The zero-order valence-corrected chi connectivity index (χ0v) is 12.5. The van der Waals surface area contributed by atoms with Gasteiger partial charge in [-0.05, 0) is 41.6 Å². The van der Waals surface area contributed by atoms with E-state index >= 15 is 0 Å². The molecule has 6 heteroatoms. The Morgan fingerprint density at radius 3 is 2.38 bits per heavy atom. The zero-order chi connectivity index (χ0) is 15.6. The Morgan fingerprint density at radius 1 is 1.10 bits per heavy atom. The van der Waals surface area contributed by atoms with Crippen molar-refractivity contribution in [1.29, 1.82) is 0 Å². The smallest absolute Gasteiger partial charge is 0.348 e. The van der Waals surface area contributed by atoms with E-state index in [0.717, 1.165) is 11.6 Å². The Labute approximate surface area is 125 Å². The fourth-order valence-electron chi connectivity index (χ4n) is 2.02. The minimum Gasteiger partial charge on any atom is -0.465 e. The first-order valence-corrected chi connectivity index (χ1v) is 6.91. The molecular weight excluding hydrogens is 295 g/mol. The molecule has 2 rings (SSSR count). The van der Waals surface area contributed by atoms with Gasteiger partial charge in [-0.3, -0.25) is 0 Å². The Balaban J connectivity index is 2.62. The van der Waals surface area contributed by atoms with Gasteiger partial charge >= 0.3 is 11.9 Å². The summed E-state index contributed by atoms with van der Waals surface area (Å²) < 4.78 is 23.1. The molecule has 4 nitrogen and oxygen atoms in total. The van der Waals surface area contributed by atoms with Gasteiger partial charge in [0, 0.05) is 5.56 Å². The standard InChI is InChI=1S/C15H13FO4S/c1-8-7-21-13(15(18)20-3)12(8)9-4-10(14(17)19-2)6-11(16)5-9/h4-7H,1-3H3. The molecule has 0 saturated carbocycles. The third-order valence-electron chi connectivity index (χ3n) is 2.95. The summed E-state index contributed by atoms with van der Waals surface area (Å²) in [6, 6.07) is 3.86. The summed E-state index contributed by atoms with van der Waals surface area (Å²) in [6.45, 7) is 1.81. The maximum atomic E-state index is 13.7. The predicted molar refractivity (Wildman–Crippen MR) is 77.1 cm³/mol. The minimum absolute atomic E-state index is 0.0916. The van der Waals surface area contributed by atoms with Crippen LogP contribution >= 0.6 is 11.3 Å². The number of hydrogen-bond acceptors (Lipinski definition) is 5. The number of methoxy groups -OCH3 is 2. The van der Waals surface area contributed by atoms with Crippen LogP contribution in [0.25, 0.3) is 11.1 Å². The summed E-state index contributed by atoms with van der Waals surface area (Å²) in [5, 5.41) is 1.78. The van der Waals surface area contributed by atoms with E-state index in [4.69, 9.17) is 4.74 Å². The van der Waals surface area contributed by atoms with Gasteiger partial charge in [0.2, 0.25) is 0 Å². The topological polar surface area (TPSA) is 52.6 Å². The lowest BCUT2D eigenvalue weighted by molar-refractivity contribution is 0.0595. The molecule has 1 aromatic carbocycles. The van der Waals surface area contributed by atoms with Crippen molar-refractivity contribution >= 4 is 23.3 Å². The number of aryl methyl sites for hydroxylation is 1. The predicted octanol–water partition coefficient (Wildman–Crippen LogP) is 3.44. The molecule has 0 N–H and O–H groups in total. The zero-order valence-electron chi connectivity index (χ0n) is 11.7. The van der Waals surface area contributed by atoms with E-state index in [0.29, 0.717) is 16.0 Å². The molecule has 0 fully saturated rings. The molecular formula is C15H13FO4S. The van der Waals surface area contributed by atoms with E-state index in [9.17, 15) is 14.0 Å². The highest BCUT2D eigenvalue weighted by Crippen LogP contribution is 2.34.